The Morgan fingerprint density at radius 1 is 1.04 bits per heavy atom. The van der Waals surface area contributed by atoms with Crippen molar-refractivity contribution in [3.63, 3.8) is 0 Å². The van der Waals surface area contributed by atoms with Crippen molar-refractivity contribution in [2.75, 3.05) is 20.2 Å². The van der Waals surface area contributed by atoms with Gasteiger partial charge in [-0.3, -0.25) is 4.99 Å². The number of ether oxygens (including phenoxy) is 1. The lowest BCUT2D eigenvalue weighted by atomic mass is 10.2. The lowest BCUT2D eigenvalue weighted by molar-refractivity contribution is 0.125. The number of aliphatic imine (C=N–C) groups is 1. The molecule has 2 rings (SSSR count). The fraction of sp³-hybridized carbons (Fsp3) is 0.278. The van der Waals surface area contributed by atoms with Gasteiger partial charge in [0.25, 0.3) is 0 Å². The largest absolute Gasteiger partial charge is 0.375 e. The molecule has 0 bridgehead atoms. The van der Waals surface area contributed by atoms with Crippen LogP contribution in [-0.2, 0) is 17.9 Å². The van der Waals surface area contributed by atoms with Crippen LogP contribution in [-0.4, -0.2) is 26.2 Å². The van der Waals surface area contributed by atoms with Crippen LogP contribution in [0.25, 0.3) is 0 Å². The van der Waals surface area contributed by atoms with Gasteiger partial charge in [-0.05, 0) is 17.2 Å². The van der Waals surface area contributed by atoms with Crippen LogP contribution in [0.5, 0.6) is 0 Å². The van der Waals surface area contributed by atoms with E-state index in [0.29, 0.717) is 26.3 Å². The molecule has 0 aliphatic rings. The normalized spacial score (nSPS) is 11.3. The van der Waals surface area contributed by atoms with Gasteiger partial charge in [0.15, 0.2) is 5.96 Å². The van der Waals surface area contributed by atoms with E-state index < -0.39 is 0 Å². The summed E-state index contributed by atoms with van der Waals surface area (Å²) in [5.41, 5.74) is 2.21. The first-order valence-electron chi connectivity index (χ1n) is 7.59. The number of nitrogens with zero attached hydrogens (tertiary/aromatic N) is 1. The average Bonchev–Trinajstić information content (AvgIpc) is 2.59. The summed E-state index contributed by atoms with van der Waals surface area (Å²) >= 11 is 6.13. The second kappa shape index (κ2) is 9.87. The predicted octanol–water partition coefficient (Wildman–Crippen LogP) is 3.22. The number of hydrogen-bond acceptors (Lipinski definition) is 2. The molecular weight excluding hydrogens is 310 g/mol. The molecule has 0 heterocycles. The standard InChI is InChI=1S/C18H22ClN3O/c1-20-18(22-13-16-9-5-6-10-17(16)19)21-11-12-23-14-15-7-3-2-4-8-15/h2-10H,11-14H2,1H3,(H2,20,21,22). The van der Waals surface area contributed by atoms with Crippen molar-refractivity contribution in [1.82, 2.24) is 10.6 Å². The van der Waals surface area contributed by atoms with Gasteiger partial charge in [-0.15, -0.1) is 0 Å². The Morgan fingerprint density at radius 2 is 1.78 bits per heavy atom. The van der Waals surface area contributed by atoms with Gasteiger partial charge in [-0.2, -0.15) is 0 Å². The molecule has 0 aromatic heterocycles. The van der Waals surface area contributed by atoms with Crippen molar-refractivity contribution in [2.24, 2.45) is 4.99 Å². The molecule has 2 aromatic carbocycles. The van der Waals surface area contributed by atoms with E-state index in [1.54, 1.807) is 7.05 Å². The van der Waals surface area contributed by atoms with E-state index in [1.165, 1.54) is 5.56 Å². The molecule has 2 aromatic rings. The molecule has 122 valence electrons. The van der Waals surface area contributed by atoms with Crippen molar-refractivity contribution in [1.29, 1.82) is 0 Å². The highest BCUT2D eigenvalue weighted by atomic mass is 35.5. The van der Waals surface area contributed by atoms with E-state index in [2.05, 4.69) is 27.8 Å². The lowest BCUT2D eigenvalue weighted by Crippen LogP contribution is -2.38. The summed E-state index contributed by atoms with van der Waals surface area (Å²) in [5.74, 6) is 0.730. The third-order valence-electron chi connectivity index (χ3n) is 3.28. The summed E-state index contributed by atoms with van der Waals surface area (Å²) in [6, 6.07) is 17.9. The number of benzene rings is 2. The minimum absolute atomic E-state index is 0.613. The molecule has 4 nitrogen and oxygen atoms in total. The maximum Gasteiger partial charge on any atom is 0.191 e. The Balaban J connectivity index is 1.64. The SMILES string of the molecule is CN=C(NCCOCc1ccccc1)NCc1ccccc1Cl. The van der Waals surface area contributed by atoms with Crippen LogP contribution < -0.4 is 10.6 Å². The first kappa shape index (κ1) is 17.3. The maximum absolute atomic E-state index is 6.13. The Kier molecular flexibility index (Phi) is 7.43. The number of halogens is 1. The molecule has 0 aliphatic heterocycles. The molecule has 0 saturated heterocycles. The van der Waals surface area contributed by atoms with Crippen molar-refractivity contribution in [3.8, 4) is 0 Å². The average molecular weight is 332 g/mol. The van der Waals surface area contributed by atoms with Gasteiger partial charge in [0.1, 0.15) is 0 Å². The molecule has 2 N–H and O–H groups in total. The summed E-state index contributed by atoms with van der Waals surface area (Å²) in [6.07, 6.45) is 0. The Labute approximate surface area is 142 Å². The zero-order valence-electron chi connectivity index (χ0n) is 13.3. The molecule has 0 spiro atoms. The lowest BCUT2D eigenvalue weighted by Gasteiger charge is -2.12. The summed E-state index contributed by atoms with van der Waals surface area (Å²) in [5, 5.41) is 7.20. The molecule has 0 radical (unpaired) electrons. The molecule has 0 unspecified atom stereocenters. The summed E-state index contributed by atoms with van der Waals surface area (Å²) in [6.45, 7) is 2.55. The topological polar surface area (TPSA) is 45.7 Å². The molecule has 5 heteroatoms. The van der Waals surface area contributed by atoms with Crippen LogP contribution in [0.3, 0.4) is 0 Å². The number of hydrogen-bond donors (Lipinski definition) is 2. The molecule has 0 fully saturated rings. The third kappa shape index (κ3) is 6.30. The van der Waals surface area contributed by atoms with Gasteiger partial charge >= 0.3 is 0 Å². The van der Waals surface area contributed by atoms with E-state index in [0.717, 1.165) is 16.5 Å². The first-order valence-corrected chi connectivity index (χ1v) is 7.97. The van der Waals surface area contributed by atoms with Crippen molar-refractivity contribution in [3.05, 3.63) is 70.7 Å². The van der Waals surface area contributed by atoms with Crippen LogP contribution in [0.4, 0.5) is 0 Å². The van der Waals surface area contributed by atoms with Crippen LogP contribution in [0, 0.1) is 0 Å². The summed E-state index contributed by atoms with van der Waals surface area (Å²) in [4.78, 5) is 4.18. The van der Waals surface area contributed by atoms with Gasteiger partial charge in [0, 0.05) is 25.2 Å². The zero-order chi connectivity index (χ0) is 16.3. The van der Waals surface area contributed by atoms with Crippen molar-refractivity contribution < 1.29 is 4.74 Å². The van der Waals surface area contributed by atoms with Crippen LogP contribution in [0.1, 0.15) is 11.1 Å². The highest BCUT2D eigenvalue weighted by Gasteiger charge is 2.01. The van der Waals surface area contributed by atoms with Crippen molar-refractivity contribution >= 4 is 17.6 Å². The Hall–Kier alpha value is -2.04. The van der Waals surface area contributed by atoms with E-state index in [-0.39, 0.29) is 0 Å². The van der Waals surface area contributed by atoms with Gasteiger partial charge < -0.3 is 15.4 Å². The van der Waals surface area contributed by atoms with Gasteiger partial charge in [-0.25, -0.2) is 0 Å². The van der Waals surface area contributed by atoms with Gasteiger partial charge in [-0.1, -0.05) is 60.1 Å². The minimum Gasteiger partial charge on any atom is -0.375 e. The van der Waals surface area contributed by atoms with E-state index >= 15 is 0 Å². The van der Waals surface area contributed by atoms with Crippen LogP contribution in [0.15, 0.2) is 59.6 Å². The highest BCUT2D eigenvalue weighted by molar-refractivity contribution is 6.31. The minimum atomic E-state index is 0.613. The smallest absolute Gasteiger partial charge is 0.191 e. The third-order valence-corrected chi connectivity index (χ3v) is 3.65. The van der Waals surface area contributed by atoms with E-state index in [1.807, 2.05) is 42.5 Å². The molecule has 23 heavy (non-hydrogen) atoms. The molecule has 0 atom stereocenters. The number of rotatable bonds is 7. The van der Waals surface area contributed by atoms with E-state index in [4.69, 9.17) is 16.3 Å². The molecule has 0 amide bonds. The number of nitrogens with one attached hydrogen (secondary N) is 2. The molecular formula is C18H22ClN3O. The Bertz CT molecular complexity index is 617. The quantitative estimate of drug-likeness (QED) is 0.465. The Morgan fingerprint density at radius 3 is 2.52 bits per heavy atom. The maximum atomic E-state index is 6.13. The van der Waals surface area contributed by atoms with Gasteiger partial charge in [0.05, 0.1) is 13.2 Å². The molecule has 0 aliphatic carbocycles. The second-order valence-electron chi connectivity index (χ2n) is 4.98. The predicted molar refractivity (Wildman–Crippen MR) is 95.8 cm³/mol. The fourth-order valence-corrected chi connectivity index (χ4v) is 2.25. The number of guanidine groups is 1. The monoisotopic (exact) mass is 331 g/mol. The zero-order valence-corrected chi connectivity index (χ0v) is 14.0. The van der Waals surface area contributed by atoms with Crippen molar-refractivity contribution in [2.45, 2.75) is 13.2 Å². The van der Waals surface area contributed by atoms with Crippen LogP contribution in [0.2, 0.25) is 5.02 Å². The highest BCUT2D eigenvalue weighted by Crippen LogP contribution is 2.14. The first-order chi connectivity index (χ1) is 11.3. The molecule has 0 saturated carbocycles. The summed E-state index contributed by atoms with van der Waals surface area (Å²) in [7, 11) is 1.74. The summed E-state index contributed by atoms with van der Waals surface area (Å²) < 4.78 is 5.63. The van der Waals surface area contributed by atoms with Crippen LogP contribution >= 0.6 is 11.6 Å². The van der Waals surface area contributed by atoms with E-state index in [9.17, 15) is 0 Å². The van der Waals surface area contributed by atoms with Gasteiger partial charge in [0.2, 0.25) is 0 Å². The fourth-order valence-electron chi connectivity index (χ4n) is 2.05. The second-order valence-corrected chi connectivity index (χ2v) is 5.39.